The molecular weight excluding hydrogens is 457 g/mol. The van der Waals surface area contributed by atoms with Crippen LogP contribution in [0.5, 0.6) is 11.5 Å². The lowest BCUT2D eigenvalue weighted by Gasteiger charge is -2.21. The van der Waals surface area contributed by atoms with Crippen LogP contribution in [0, 0.1) is 0 Å². The Kier molecular flexibility index (Phi) is 9.89. The first-order chi connectivity index (χ1) is 15.7. The van der Waals surface area contributed by atoms with Gasteiger partial charge in [-0.3, -0.25) is 0 Å². The van der Waals surface area contributed by atoms with Crippen molar-refractivity contribution in [1.29, 1.82) is 0 Å². The number of halogens is 2. The van der Waals surface area contributed by atoms with Gasteiger partial charge in [0.2, 0.25) is 0 Å². The third kappa shape index (κ3) is 7.12. The van der Waals surface area contributed by atoms with Crippen LogP contribution >= 0.6 is 24.0 Å². The highest BCUT2D eigenvalue weighted by Crippen LogP contribution is 2.41. The minimum atomic E-state index is -0.717. The Bertz CT molecular complexity index is 979. The highest BCUT2D eigenvalue weighted by Gasteiger charge is 2.22. The first-order valence-corrected chi connectivity index (χ1v) is 11.7. The van der Waals surface area contributed by atoms with Gasteiger partial charge in [0.05, 0.1) is 11.1 Å². The summed E-state index contributed by atoms with van der Waals surface area (Å²) >= 11 is 6.76. The van der Waals surface area contributed by atoms with Gasteiger partial charge in [0.15, 0.2) is 11.5 Å². The fraction of sp³-hybridized carbons (Fsp3) is 0.333. The van der Waals surface area contributed by atoms with Gasteiger partial charge in [0.25, 0.3) is 0 Å². The monoisotopic (exact) mass is 487 g/mol. The van der Waals surface area contributed by atoms with Gasteiger partial charge in [-0.2, -0.15) is 0 Å². The third-order valence-corrected chi connectivity index (χ3v) is 6.26. The zero-order chi connectivity index (χ0) is 22.2. The van der Waals surface area contributed by atoms with Crippen LogP contribution in [0.15, 0.2) is 72.8 Å². The topological polar surface area (TPSA) is 50.7 Å². The molecule has 4 nitrogen and oxygen atoms in total. The molecule has 0 aliphatic heterocycles. The number of nitrogens with one attached hydrogen (secondary N) is 1. The van der Waals surface area contributed by atoms with Gasteiger partial charge < -0.3 is 19.9 Å². The van der Waals surface area contributed by atoms with E-state index in [1.165, 1.54) is 12.8 Å². The summed E-state index contributed by atoms with van der Waals surface area (Å²) in [7, 11) is 0. The fourth-order valence-corrected chi connectivity index (χ4v) is 4.38. The van der Waals surface area contributed by atoms with Crippen LogP contribution in [0.4, 0.5) is 0 Å². The van der Waals surface area contributed by atoms with E-state index in [9.17, 15) is 5.11 Å². The molecule has 176 valence electrons. The predicted octanol–water partition coefficient (Wildman–Crippen LogP) is 6.49. The quantitative estimate of drug-likeness (QED) is 0.343. The molecule has 0 heterocycles. The van der Waals surface area contributed by atoms with E-state index < -0.39 is 6.10 Å². The molecule has 1 fully saturated rings. The van der Waals surface area contributed by atoms with Crippen molar-refractivity contribution in [3.63, 3.8) is 0 Å². The zero-order valence-corrected chi connectivity index (χ0v) is 20.2. The van der Waals surface area contributed by atoms with Crippen molar-refractivity contribution < 1.29 is 14.6 Å². The van der Waals surface area contributed by atoms with Crippen molar-refractivity contribution in [1.82, 2.24) is 5.32 Å². The van der Waals surface area contributed by atoms with Crippen molar-refractivity contribution in [2.45, 2.75) is 51.0 Å². The summed E-state index contributed by atoms with van der Waals surface area (Å²) in [6.07, 6.45) is 4.11. The van der Waals surface area contributed by atoms with Crippen LogP contribution in [-0.4, -0.2) is 17.7 Å². The molecule has 0 amide bonds. The summed E-state index contributed by atoms with van der Waals surface area (Å²) < 4.78 is 12.2. The molecule has 6 heteroatoms. The molecule has 0 aromatic heterocycles. The van der Waals surface area contributed by atoms with E-state index in [4.69, 9.17) is 21.1 Å². The molecule has 0 saturated heterocycles. The molecular formula is C27H31Cl2NO3. The minimum absolute atomic E-state index is 0. The van der Waals surface area contributed by atoms with Crippen molar-refractivity contribution in [2.75, 3.05) is 6.54 Å². The highest BCUT2D eigenvalue weighted by molar-refractivity contribution is 6.33. The van der Waals surface area contributed by atoms with Crippen LogP contribution < -0.4 is 14.8 Å². The molecule has 4 rings (SSSR count). The van der Waals surface area contributed by atoms with Gasteiger partial charge in [-0.1, -0.05) is 91.2 Å². The number of hydrogen-bond donors (Lipinski definition) is 2. The molecule has 1 aliphatic rings. The zero-order valence-electron chi connectivity index (χ0n) is 18.6. The lowest BCUT2D eigenvalue weighted by molar-refractivity contribution is 0.169. The maximum Gasteiger partial charge on any atom is 0.180 e. The van der Waals surface area contributed by atoms with E-state index in [0.29, 0.717) is 47.9 Å². The molecule has 3 aromatic carbocycles. The smallest absolute Gasteiger partial charge is 0.180 e. The van der Waals surface area contributed by atoms with E-state index in [2.05, 4.69) is 5.32 Å². The number of aliphatic hydroxyl groups excluding tert-OH is 1. The minimum Gasteiger partial charge on any atom is -0.485 e. The molecule has 2 N–H and O–H groups in total. The fourth-order valence-electron chi connectivity index (χ4n) is 4.04. The van der Waals surface area contributed by atoms with Gasteiger partial charge in [-0.15, -0.1) is 12.4 Å². The van der Waals surface area contributed by atoms with E-state index in [-0.39, 0.29) is 12.4 Å². The first-order valence-electron chi connectivity index (χ1n) is 11.3. The van der Waals surface area contributed by atoms with E-state index in [1.807, 2.05) is 72.8 Å². The second-order valence-electron chi connectivity index (χ2n) is 8.25. The number of aliphatic hydroxyl groups is 1. The van der Waals surface area contributed by atoms with Crippen molar-refractivity contribution in [2.24, 2.45) is 0 Å². The Balaban J connectivity index is 0.00000306. The maximum absolute atomic E-state index is 10.8. The van der Waals surface area contributed by atoms with Crippen molar-refractivity contribution in [3.8, 4) is 11.5 Å². The average Bonchev–Trinajstić information content (AvgIpc) is 3.36. The van der Waals surface area contributed by atoms with Crippen LogP contribution in [0.1, 0.15) is 48.5 Å². The second-order valence-corrected chi connectivity index (χ2v) is 8.63. The number of ether oxygens (including phenoxy) is 2. The van der Waals surface area contributed by atoms with Gasteiger partial charge in [0, 0.05) is 18.2 Å². The third-order valence-electron chi connectivity index (χ3n) is 5.87. The molecule has 1 unspecified atom stereocenters. The first kappa shape index (κ1) is 25.4. The maximum atomic E-state index is 10.8. The van der Waals surface area contributed by atoms with Crippen molar-refractivity contribution in [3.05, 3.63) is 94.5 Å². The van der Waals surface area contributed by atoms with E-state index in [0.717, 1.165) is 24.0 Å². The Hall–Kier alpha value is -2.24. The van der Waals surface area contributed by atoms with E-state index >= 15 is 0 Å². The molecule has 33 heavy (non-hydrogen) atoms. The van der Waals surface area contributed by atoms with Gasteiger partial charge in [-0.25, -0.2) is 0 Å². The summed E-state index contributed by atoms with van der Waals surface area (Å²) in [5.41, 5.74) is 2.74. The summed E-state index contributed by atoms with van der Waals surface area (Å²) in [5.74, 6) is 1.03. The molecule has 1 saturated carbocycles. The molecule has 0 radical (unpaired) electrons. The normalized spacial score (nSPS) is 14.5. The summed E-state index contributed by atoms with van der Waals surface area (Å²) in [4.78, 5) is 0. The Morgan fingerprint density at radius 3 is 2.03 bits per heavy atom. The lowest BCUT2D eigenvalue weighted by Crippen LogP contribution is -2.30. The van der Waals surface area contributed by atoms with E-state index in [1.54, 1.807) is 0 Å². The largest absolute Gasteiger partial charge is 0.485 e. The average molecular weight is 488 g/mol. The summed E-state index contributed by atoms with van der Waals surface area (Å²) in [5, 5.41) is 14.7. The van der Waals surface area contributed by atoms with Crippen molar-refractivity contribution >= 4 is 24.0 Å². The van der Waals surface area contributed by atoms with Gasteiger partial charge in [-0.05, 0) is 30.0 Å². The predicted molar refractivity (Wildman–Crippen MR) is 135 cm³/mol. The summed E-state index contributed by atoms with van der Waals surface area (Å²) in [6.45, 7) is 1.23. The summed E-state index contributed by atoms with van der Waals surface area (Å²) in [6, 6.07) is 24.0. The molecule has 3 aromatic rings. The van der Waals surface area contributed by atoms with Crippen LogP contribution in [0.25, 0.3) is 0 Å². The van der Waals surface area contributed by atoms with Gasteiger partial charge >= 0.3 is 0 Å². The molecule has 1 atom stereocenters. The lowest BCUT2D eigenvalue weighted by atomic mass is 10.1. The molecule has 0 spiro atoms. The Labute approximate surface area is 207 Å². The van der Waals surface area contributed by atoms with Crippen LogP contribution in [0.3, 0.4) is 0 Å². The number of rotatable bonds is 10. The van der Waals surface area contributed by atoms with Crippen LogP contribution in [0.2, 0.25) is 5.02 Å². The number of benzene rings is 3. The van der Waals surface area contributed by atoms with Crippen LogP contribution in [-0.2, 0) is 13.2 Å². The standard InChI is InChI=1S/C27H30ClNO3.ClH/c28-26-23(24(30)17-29-22-13-7-8-14-22)15-16-25(31-18-20-9-3-1-4-10-20)27(26)32-19-21-11-5-2-6-12-21;/h1-6,9-12,15-16,22,24,29-30H,7-8,13-14,17-19H2;1H. The second kappa shape index (κ2) is 12.9. The Morgan fingerprint density at radius 1 is 0.848 bits per heavy atom. The molecule has 1 aliphatic carbocycles. The highest BCUT2D eigenvalue weighted by atomic mass is 35.5. The SMILES string of the molecule is Cl.OC(CNC1CCCC1)c1ccc(OCc2ccccc2)c(OCc2ccccc2)c1Cl. The Morgan fingerprint density at radius 2 is 1.42 bits per heavy atom. The van der Waals surface area contributed by atoms with Gasteiger partial charge in [0.1, 0.15) is 13.2 Å². The number of hydrogen-bond acceptors (Lipinski definition) is 4. The molecule has 0 bridgehead atoms.